The van der Waals surface area contributed by atoms with Crippen molar-refractivity contribution in [2.24, 2.45) is 0 Å². The molecular weight excluding hydrogens is 238 g/mol. The number of hydrogen-bond acceptors (Lipinski definition) is 2. The molecule has 1 fully saturated rings. The zero-order valence-corrected chi connectivity index (χ0v) is 10.6. The standard InChI is InChI=1S/C13H16ClNO2/c1-9-5-6-10(14)8-12(9)17-11-4-2-3-7-15-13(11)16/h5-6,8,11H,2-4,7H2,1H3,(H,15,16). The summed E-state index contributed by atoms with van der Waals surface area (Å²) in [5, 5.41) is 3.48. The number of amides is 1. The topological polar surface area (TPSA) is 38.3 Å². The fourth-order valence-corrected chi connectivity index (χ4v) is 2.04. The van der Waals surface area contributed by atoms with Crippen LogP contribution in [-0.2, 0) is 4.79 Å². The van der Waals surface area contributed by atoms with Crippen molar-refractivity contribution in [3.8, 4) is 5.75 Å². The minimum absolute atomic E-state index is 0.0260. The summed E-state index contributed by atoms with van der Waals surface area (Å²) in [6, 6.07) is 5.47. The van der Waals surface area contributed by atoms with Crippen LogP contribution in [0.3, 0.4) is 0 Å². The molecule has 1 heterocycles. The number of halogens is 1. The fraction of sp³-hybridized carbons (Fsp3) is 0.462. The largest absolute Gasteiger partial charge is 0.480 e. The van der Waals surface area contributed by atoms with Crippen LogP contribution in [0.5, 0.6) is 5.75 Å². The van der Waals surface area contributed by atoms with Crippen LogP contribution >= 0.6 is 11.6 Å². The molecule has 1 unspecified atom stereocenters. The van der Waals surface area contributed by atoms with Gasteiger partial charge in [-0.3, -0.25) is 4.79 Å². The van der Waals surface area contributed by atoms with E-state index in [4.69, 9.17) is 16.3 Å². The molecule has 1 amide bonds. The minimum atomic E-state index is -0.394. The number of hydrogen-bond donors (Lipinski definition) is 1. The van der Waals surface area contributed by atoms with Crippen LogP contribution in [0.25, 0.3) is 0 Å². The quantitative estimate of drug-likeness (QED) is 0.880. The van der Waals surface area contributed by atoms with Crippen molar-refractivity contribution < 1.29 is 9.53 Å². The van der Waals surface area contributed by atoms with Crippen molar-refractivity contribution in [1.29, 1.82) is 0 Å². The molecule has 0 radical (unpaired) electrons. The van der Waals surface area contributed by atoms with E-state index in [0.29, 0.717) is 10.8 Å². The molecule has 3 nitrogen and oxygen atoms in total. The maximum atomic E-state index is 11.7. The van der Waals surface area contributed by atoms with Gasteiger partial charge in [0, 0.05) is 11.6 Å². The van der Waals surface area contributed by atoms with E-state index in [1.807, 2.05) is 19.1 Å². The first-order chi connectivity index (χ1) is 8.16. The molecule has 1 aromatic carbocycles. The van der Waals surface area contributed by atoms with E-state index in [1.54, 1.807) is 6.07 Å². The Balaban J connectivity index is 2.13. The van der Waals surface area contributed by atoms with Gasteiger partial charge in [-0.25, -0.2) is 0 Å². The van der Waals surface area contributed by atoms with Gasteiger partial charge < -0.3 is 10.1 Å². The molecular formula is C13H16ClNO2. The third-order valence-electron chi connectivity index (χ3n) is 2.90. The minimum Gasteiger partial charge on any atom is -0.480 e. The van der Waals surface area contributed by atoms with E-state index in [1.165, 1.54) is 0 Å². The van der Waals surface area contributed by atoms with Crippen molar-refractivity contribution >= 4 is 17.5 Å². The van der Waals surface area contributed by atoms with E-state index in [2.05, 4.69) is 5.32 Å². The molecule has 0 aromatic heterocycles. The second-order valence-corrected chi connectivity index (χ2v) is 4.74. The molecule has 2 rings (SSSR count). The Morgan fingerprint density at radius 3 is 3.06 bits per heavy atom. The number of nitrogens with one attached hydrogen (secondary N) is 1. The molecule has 17 heavy (non-hydrogen) atoms. The van der Waals surface area contributed by atoms with Crippen LogP contribution in [-0.4, -0.2) is 18.6 Å². The summed E-state index contributed by atoms with van der Waals surface area (Å²) in [5.41, 5.74) is 0.992. The van der Waals surface area contributed by atoms with Gasteiger partial charge in [-0.1, -0.05) is 17.7 Å². The Kier molecular flexibility index (Phi) is 3.89. The Bertz CT molecular complexity index is 420. The van der Waals surface area contributed by atoms with Gasteiger partial charge in [-0.05, 0) is 43.9 Å². The van der Waals surface area contributed by atoms with Crippen molar-refractivity contribution in [1.82, 2.24) is 5.32 Å². The number of carbonyl (C=O) groups excluding carboxylic acids is 1. The van der Waals surface area contributed by atoms with Crippen molar-refractivity contribution in [2.75, 3.05) is 6.54 Å². The van der Waals surface area contributed by atoms with Crippen molar-refractivity contribution in [3.63, 3.8) is 0 Å². The van der Waals surface area contributed by atoms with Gasteiger partial charge in [0.15, 0.2) is 6.10 Å². The van der Waals surface area contributed by atoms with Crippen molar-refractivity contribution in [3.05, 3.63) is 28.8 Å². The van der Waals surface area contributed by atoms with Crippen molar-refractivity contribution in [2.45, 2.75) is 32.3 Å². The Morgan fingerprint density at radius 1 is 1.41 bits per heavy atom. The molecule has 0 spiro atoms. The number of rotatable bonds is 2. The van der Waals surface area contributed by atoms with E-state index in [-0.39, 0.29) is 5.91 Å². The predicted octanol–water partition coefficient (Wildman–Crippen LogP) is 2.70. The average molecular weight is 254 g/mol. The second kappa shape index (κ2) is 5.41. The molecule has 1 N–H and O–H groups in total. The number of carbonyl (C=O) groups is 1. The van der Waals surface area contributed by atoms with Crippen LogP contribution in [0.2, 0.25) is 5.02 Å². The normalized spacial score (nSPS) is 20.6. The van der Waals surface area contributed by atoms with E-state index in [0.717, 1.165) is 31.4 Å². The van der Waals surface area contributed by atoms with Crippen LogP contribution in [0.4, 0.5) is 0 Å². The SMILES string of the molecule is Cc1ccc(Cl)cc1OC1CCCCNC1=O. The van der Waals surface area contributed by atoms with Crippen LogP contribution < -0.4 is 10.1 Å². The van der Waals surface area contributed by atoms with Gasteiger partial charge in [0.05, 0.1) is 0 Å². The van der Waals surface area contributed by atoms with Gasteiger partial charge in [0.1, 0.15) is 5.75 Å². The van der Waals surface area contributed by atoms with Gasteiger partial charge in [0.25, 0.3) is 5.91 Å². The molecule has 1 aliphatic rings. The molecule has 1 aliphatic heterocycles. The lowest BCUT2D eigenvalue weighted by Crippen LogP contribution is -2.36. The summed E-state index contributed by atoms with van der Waals surface area (Å²) in [6.45, 7) is 2.69. The molecule has 0 saturated carbocycles. The summed E-state index contributed by atoms with van der Waals surface area (Å²) < 4.78 is 5.76. The Morgan fingerprint density at radius 2 is 2.24 bits per heavy atom. The zero-order chi connectivity index (χ0) is 12.3. The van der Waals surface area contributed by atoms with E-state index >= 15 is 0 Å². The summed E-state index contributed by atoms with van der Waals surface area (Å²) in [4.78, 5) is 11.7. The molecule has 1 atom stereocenters. The molecule has 0 bridgehead atoms. The van der Waals surface area contributed by atoms with E-state index < -0.39 is 6.10 Å². The van der Waals surface area contributed by atoms with Gasteiger partial charge in [-0.15, -0.1) is 0 Å². The lowest BCUT2D eigenvalue weighted by molar-refractivity contribution is -0.127. The highest BCUT2D eigenvalue weighted by molar-refractivity contribution is 6.30. The van der Waals surface area contributed by atoms with Gasteiger partial charge in [0.2, 0.25) is 0 Å². The maximum absolute atomic E-state index is 11.7. The van der Waals surface area contributed by atoms with Crippen LogP contribution in [0, 0.1) is 6.92 Å². The summed E-state index contributed by atoms with van der Waals surface area (Å²) in [5.74, 6) is 0.668. The fourth-order valence-electron chi connectivity index (χ4n) is 1.88. The number of benzene rings is 1. The highest BCUT2D eigenvalue weighted by Gasteiger charge is 2.22. The average Bonchev–Trinajstić information content (AvgIpc) is 2.50. The summed E-state index contributed by atoms with van der Waals surface area (Å²) in [6.07, 6.45) is 2.38. The second-order valence-electron chi connectivity index (χ2n) is 4.30. The summed E-state index contributed by atoms with van der Waals surface area (Å²) in [7, 11) is 0. The molecule has 0 aliphatic carbocycles. The van der Waals surface area contributed by atoms with Crippen LogP contribution in [0.1, 0.15) is 24.8 Å². The highest BCUT2D eigenvalue weighted by Crippen LogP contribution is 2.25. The molecule has 1 saturated heterocycles. The summed E-state index contributed by atoms with van der Waals surface area (Å²) >= 11 is 5.92. The Hall–Kier alpha value is -1.22. The molecule has 92 valence electrons. The molecule has 1 aromatic rings. The van der Waals surface area contributed by atoms with Gasteiger partial charge in [-0.2, -0.15) is 0 Å². The third kappa shape index (κ3) is 3.13. The first-order valence-corrected chi connectivity index (χ1v) is 6.25. The smallest absolute Gasteiger partial charge is 0.261 e. The zero-order valence-electron chi connectivity index (χ0n) is 9.83. The first kappa shape index (κ1) is 12.2. The monoisotopic (exact) mass is 253 g/mol. The first-order valence-electron chi connectivity index (χ1n) is 5.87. The van der Waals surface area contributed by atoms with Gasteiger partial charge >= 0.3 is 0 Å². The Labute approximate surface area is 106 Å². The maximum Gasteiger partial charge on any atom is 0.261 e. The lowest BCUT2D eigenvalue weighted by Gasteiger charge is -2.17. The lowest BCUT2D eigenvalue weighted by atomic mass is 10.1. The van der Waals surface area contributed by atoms with E-state index in [9.17, 15) is 4.79 Å². The number of aryl methyl sites for hydroxylation is 1. The molecule has 4 heteroatoms. The van der Waals surface area contributed by atoms with Crippen LogP contribution in [0.15, 0.2) is 18.2 Å². The predicted molar refractivity (Wildman–Crippen MR) is 67.5 cm³/mol. The third-order valence-corrected chi connectivity index (χ3v) is 3.14. The highest BCUT2D eigenvalue weighted by atomic mass is 35.5. The number of ether oxygens (including phenoxy) is 1.